The zero-order valence-electron chi connectivity index (χ0n) is 16.9. The van der Waals surface area contributed by atoms with Gasteiger partial charge in [0.1, 0.15) is 23.7 Å². The summed E-state index contributed by atoms with van der Waals surface area (Å²) in [5, 5.41) is 5.18. The number of nitrogens with zero attached hydrogens (tertiary/aromatic N) is 2. The average Bonchev–Trinajstić information content (AvgIpc) is 2.75. The average molecular weight is 406 g/mol. The Morgan fingerprint density at radius 2 is 1.87 bits per heavy atom. The molecular formula is C22H22N4O4. The van der Waals surface area contributed by atoms with Crippen molar-refractivity contribution in [3.63, 3.8) is 0 Å². The smallest absolute Gasteiger partial charge is 0.267 e. The molecule has 30 heavy (non-hydrogen) atoms. The fraction of sp³-hybridized carbons (Fsp3) is 0.182. The molecule has 2 N–H and O–H groups in total. The van der Waals surface area contributed by atoms with Crippen molar-refractivity contribution in [1.29, 1.82) is 0 Å². The minimum Gasteiger partial charge on any atom is -0.495 e. The van der Waals surface area contributed by atoms with Crippen molar-refractivity contribution in [1.82, 2.24) is 14.9 Å². The van der Waals surface area contributed by atoms with Crippen LogP contribution >= 0.6 is 0 Å². The number of aryl methyl sites for hydroxylation is 1. The first-order valence-electron chi connectivity index (χ1n) is 9.26. The Kier molecular flexibility index (Phi) is 6.26. The summed E-state index contributed by atoms with van der Waals surface area (Å²) in [7, 11) is 2.93. The van der Waals surface area contributed by atoms with Crippen LogP contribution in [0.1, 0.15) is 15.9 Å². The van der Waals surface area contributed by atoms with E-state index in [1.807, 2.05) is 19.1 Å². The first-order valence-corrected chi connectivity index (χ1v) is 9.26. The summed E-state index contributed by atoms with van der Waals surface area (Å²) in [6.07, 6.45) is 1.22. The quantitative estimate of drug-likeness (QED) is 0.654. The number of rotatable bonds is 6. The minimum atomic E-state index is -0.602. The van der Waals surface area contributed by atoms with Crippen LogP contribution in [0.2, 0.25) is 0 Å². The molecule has 0 radical (unpaired) electrons. The Morgan fingerprint density at radius 3 is 2.53 bits per heavy atom. The molecule has 8 heteroatoms. The van der Waals surface area contributed by atoms with Crippen LogP contribution < -0.4 is 20.9 Å². The summed E-state index contributed by atoms with van der Waals surface area (Å²) in [6, 6.07) is 14.4. The standard InChI is InChI=1S/C22H22N4O4/c1-14-9-10-18(30-3)17(11-14)25-19(27)13-26-20(15-7-5-4-6-8-15)24-12-16(22(26)29)21(28)23-2/h4-12H,13H2,1-3H3,(H,23,28)(H,25,27). The molecule has 0 aliphatic rings. The number of amides is 2. The molecule has 2 amide bonds. The Bertz CT molecular complexity index is 1140. The molecule has 0 atom stereocenters. The Hall–Kier alpha value is -3.94. The second-order valence-corrected chi connectivity index (χ2v) is 6.58. The van der Waals surface area contributed by atoms with E-state index in [1.54, 1.807) is 36.4 Å². The molecule has 2 aromatic carbocycles. The molecule has 0 aliphatic heterocycles. The van der Waals surface area contributed by atoms with Gasteiger partial charge in [-0.25, -0.2) is 4.98 Å². The number of benzene rings is 2. The van der Waals surface area contributed by atoms with E-state index in [9.17, 15) is 14.4 Å². The summed E-state index contributed by atoms with van der Waals surface area (Å²) < 4.78 is 6.48. The monoisotopic (exact) mass is 406 g/mol. The highest BCUT2D eigenvalue weighted by molar-refractivity contribution is 5.94. The molecule has 0 bridgehead atoms. The fourth-order valence-electron chi connectivity index (χ4n) is 3.00. The van der Waals surface area contributed by atoms with Gasteiger partial charge in [-0.15, -0.1) is 0 Å². The number of hydrogen-bond acceptors (Lipinski definition) is 5. The van der Waals surface area contributed by atoms with Gasteiger partial charge < -0.3 is 15.4 Å². The van der Waals surface area contributed by atoms with Crippen molar-refractivity contribution in [3.8, 4) is 17.1 Å². The number of methoxy groups -OCH3 is 1. The van der Waals surface area contributed by atoms with Gasteiger partial charge >= 0.3 is 0 Å². The van der Waals surface area contributed by atoms with Gasteiger partial charge in [-0.05, 0) is 24.6 Å². The maximum absolute atomic E-state index is 13.0. The minimum absolute atomic E-state index is 0.141. The zero-order valence-corrected chi connectivity index (χ0v) is 16.9. The second-order valence-electron chi connectivity index (χ2n) is 6.58. The molecule has 1 aromatic heterocycles. The predicted octanol–water partition coefficient (Wildman–Crippen LogP) is 2.23. The number of hydrogen-bond donors (Lipinski definition) is 2. The maximum Gasteiger partial charge on any atom is 0.267 e. The van der Waals surface area contributed by atoms with Gasteiger partial charge in [-0.1, -0.05) is 36.4 Å². The molecule has 3 rings (SSSR count). The lowest BCUT2D eigenvalue weighted by atomic mass is 10.2. The van der Waals surface area contributed by atoms with E-state index >= 15 is 0 Å². The van der Waals surface area contributed by atoms with E-state index < -0.39 is 17.4 Å². The van der Waals surface area contributed by atoms with E-state index in [-0.39, 0.29) is 12.1 Å². The first kappa shape index (κ1) is 20.8. The Labute approximate surface area is 173 Å². The van der Waals surface area contributed by atoms with Gasteiger partial charge in [0.05, 0.1) is 12.8 Å². The van der Waals surface area contributed by atoms with Gasteiger partial charge in [-0.3, -0.25) is 19.0 Å². The Balaban J connectivity index is 2.01. The highest BCUT2D eigenvalue weighted by Crippen LogP contribution is 2.25. The number of ether oxygens (including phenoxy) is 1. The topological polar surface area (TPSA) is 102 Å². The van der Waals surface area contributed by atoms with Gasteiger partial charge in [-0.2, -0.15) is 0 Å². The van der Waals surface area contributed by atoms with Crippen LogP contribution in [0.25, 0.3) is 11.4 Å². The summed E-state index contributed by atoms with van der Waals surface area (Å²) in [5.74, 6) is -0.225. The van der Waals surface area contributed by atoms with Crippen LogP contribution in [-0.2, 0) is 11.3 Å². The molecule has 0 unspecified atom stereocenters. The summed E-state index contributed by atoms with van der Waals surface area (Å²) in [5.41, 5.74) is 1.34. The van der Waals surface area contributed by atoms with Crippen LogP contribution in [0, 0.1) is 6.92 Å². The SMILES string of the molecule is CNC(=O)c1cnc(-c2ccccc2)n(CC(=O)Nc2cc(C)ccc2OC)c1=O. The third kappa shape index (κ3) is 4.38. The van der Waals surface area contributed by atoms with E-state index in [0.29, 0.717) is 22.8 Å². The maximum atomic E-state index is 13.0. The highest BCUT2D eigenvalue weighted by Gasteiger charge is 2.19. The number of aromatic nitrogens is 2. The van der Waals surface area contributed by atoms with E-state index in [1.165, 1.54) is 24.9 Å². The van der Waals surface area contributed by atoms with Crippen molar-refractivity contribution >= 4 is 17.5 Å². The molecular weight excluding hydrogens is 384 g/mol. The van der Waals surface area contributed by atoms with Crippen molar-refractivity contribution in [2.75, 3.05) is 19.5 Å². The van der Waals surface area contributed by atoms with Gasteiger partial charge in [0, 0.05) is 18.8 Å². The highest BCUT2D eigenvalue weighted by atomic mass is 16.5. The lowest BCUT2D eigenvalue weighted by Gasteiger charge is -2.15. The number of carbonyl (C=O) groups excluding carboxylic acids is 2. The van der Waals surface area contributed by atoms with Crippen molar-refractivity contribution in [2.24, 2.45) is 0 Å². The third-order valence-electron chi connectivity index (χ3n) is 4.48. The predicted molar refractivity (Wildman–Crippen MR) is 114 cm³/mol. The van der Waals surface area contributed by atoms with Crippen LogP contribution in [0.15, 0.2) is 59.5 Å². The molecule has 8 nitrogen and oxygen atoms in total. The second kappa shape index (κ2) is 9.04. The van der Waals surface area contributed by atoms with Crippen LogP contribution in [0.3, 0.4) is 0 Å². The van der Waals surface area contributed by atoms with Gasteiger partial charge in [0.2, 0.25) is 5.91 Å². The van der Waals surface area contributed by atoms with Gasteiger partial charge in [0.25, 0.3) is 11.5 Å². The van der Waals surface area contributed by atoms with Crippen LogP contribution in [-0.4, -0.2) is 35.5 Å². The van der Waals surface area contributed by atoms with E-state index in [0.717, 1.165) is 5.56 Å². The van der Waals surface area contributed by atoms with Crippen molar-refractivity contribution in [2.45, 2.75) is 13.5 Å². The lowest BCUT2D eigenvalue weighted by Crippen LogP contribution is -2.35. The molecule has 0 fully saturated rings. The summed E-state index contributed by atoms with van der Waals surface area (Å²) in [6.45, 7) is 1.57. The number of anilines is 1. The molecule has 0 aliphatic carbocycles. The first-order chi connectivity index (χ1) is 14.4. The molecule has 154 valence electrons. The molecule has 0 spiro atoms. The summed E-state index contributed by atoms with van der Waals surface area (Å²) >= 11 is 0. The normalized spacial score (nSPS) is 10.4. The fourth-order valence-corrected chi connectivity index (χ4v) is 3.00. The van der Waals surface area contributed by atoms with Crippen molar-refractivity contribution in [3.05, 3.63) is 76.2 Å². The molecule has 0 saturated carbocycles. The van der Waals surface area contributed by atoms with Crippen LogP contribution in [0.5, 0.6) is 5.75 Å². The van der Waals surface area contributed by atoms with E-state index in [2.05, 4.69) is 15.6 Å². The Morgan fingerprint density at radius 1 is 1.13 bits per heavy atom. The van der Waals surface area contributed by atoms with Gasteiger partial charge in [0.15, 0.2) is 0 Å². The largest absolute Gasteiger partial charge is 0.495 e. The number of nitrogens with one attached hydrogen (secondary N) is 2. The zero-order chi connectivity index (χ0) is 21.7. The third-order valence-corrected chi connectivity index (χ3v) is 4.48. The summed E-state index contributed by atoms with van der Waals surface area (Å²) in [4.78, 5) is 42.1. The van der Waals surface area contributed by atoms with Crippen molar-refractivity contribution < 1.29 is 14.3 Å². The van der Waals surface area contributed by atoms with Crippen LogP contribution in [0.4, 0.5) is 5.69 Å². The van der Waals surface area contributed by atoms with E-state index in [4.69, 9.17) is 4.74 Å². The number of carbonyl (C=O) groups is 2. The lowest BCUT2D eigenvalue weighted by molar-refractivity contribution is -0.116. The molecule has 1 heterocycles. The molecule has 3 aromatic rings. The molecule has 0 saturated heterocycles.